The van der Waals surface area contributed by atoms with E-state index in [-0.39, 0.29) is 12.2 Å². The van der Waals surface area contributed by atoms with Gasteiger partial charge in [-0.2, -0.15) is 11.3 Å². The zero-order valence-corrected chi connectivity index (χ0v) is 12.6. The minimum Gasteiger partial charge on any atom is -0.318 e. The Bertz CT molecular complexity index is 459. The van der Waals surface area contributed by atoms with Gasteiger partial charge in [0.1, 0.15) is 6.17 Å². The molecule has 5 atom stereocenters. The van der Waals surface area contributed by atoms with Crippen molar-refractivity contribution in [1.29, 1.82) is 0 Å². The molecule has 5 unspecified atom stereocenters. The molecular formula is C15H22N2OS. The first kappa shape index (κ1) is 13.1. The number of amides is 1. The molecule has 1 amide bonds. The Morgan fingerprint density at radius 2 is 2.32 bits per heavy atom. The number of thiophene rings is 1. The van der Waals surface area contributed by atoms with Gasteiger partial charge in [-0.1, -0.05) is 27.2 Å². The maximum atomic E-state index is 12.7. The molecule has 2 heterocycles. The molecule has 1 saturated carbocycles. The van der Waals surface area contributed by atoms with E-state index in [2.05, 4.69) is 47.8 Å². The van der Waals surface area contributed by atoms with E-state index < -0.39 is 0 Å². The molecule has 0 aromatic carbocycles. The van der Waals surface area contributed by atoms with E-state index in [9.17, 15) is 4.79 Å². The van der Waals surface area contributed by atoms with Crippen LogP contribution in [0.25, 0.3) is 0 Å². The van der Waals surface area contributed by atoms with Crippen LogP contribution in [0.15, 0.2) is 16.8 Å². The summed E-state index contributed by atoms with van der Waals surface area (Å²) in [7, 11) is 0. The fourth-order valence-corrected chi connectivity index (χ4v) is 3.66. The van der Waals surface area contributed by atoms with Crippen LogP contribution < -0.4 is 5.32 Å². The first-order chi connectivity index (χ1) is 9.13. The second kappa shape index (κ2) is 4.91. The van der Waals surface area contributed by atoms with Gasteiger partial charge in [-0.15, -0.1) is 0 Å². The average Bonchev–Trinajstić information content (AvgIpc) is 2.86. The normalized spacial score (nSPS) is 35.7. The molecule has 1 aromatic heterocycles. The lowest BCUT2D eigenvalue weighted by Crippen LogP contribution is -2.36. The van der Waals surface area contributed by atoms with E-state index in [0.717, 1.165) is 12.8 Å². The van der Waals surface area contributed by atoms with Crippen LogP contribution in [0.4, 0.5) is 0 Å². The van der Waals surface area contributed by atoms with Crippen molar-refractivity contribution in [3.05, 3.63) is 22.4 Å². The fourth-order valence-electron chi connectivity index (χ4n) is 2.99. The first-order valence-electron chi connectivity index (χ1n) is 7.23. The molecule has 1 N–H and O–H groups in total. The number of hydrogen-bond donors (Lipinski definition) is 1. The molecule has 3 rings (SSSR count). The SMILES string of the molecule is CCC(C)C1NC(c2ccsc2)N(C2CC2C)C1=O. The Hall–Kier alpha value is -0.870. The van der Waals surface area contributed by atoms with Crippen molar-refractivity contribution >= 4 is 17.2 Å². The lowest BCUT2D eigenvalue weighted by atomic mass is 9.99. The number of carbonyl (C=O) groups is 1. The van der Waals surface area contributed by atoms with Gasteiger partial charge < -0.3 is 4.90 Å². The lowest BCUT2D eigenvalue weighted by molar-refractivity contribution is -0.131. The van der Waals surface area contributed by atoms with Crippen molar-refractivity contribution < 1.29 is 4.79 Å². The van der Waals surface area contributed by atoms with Crippen LogP contribution >= 0.6 is 11.3 Å². The minimum absolute atomic E-state index is 0.0114. The molecule has 1 aliphatic carbocycles. The summed E-state index contributed by atoms with van der Waals surface area (Å²) in [6.45, 7) is 6.56. The van der Waals surface area contributed by atoms with Crippen LogP contribution in [0.3, 0.4) is 0 Å². The van der Waals surface area contributed by atoms with E-state index in [1.54, 1.807) is 11.3 Å². The second-order valence-corrected chi connectivity index (χ2v) is 6.79. The summed E-state index contributed by atoms with van der Waals surface area (Å²) < 4.78 is 0. The maximum absolute atomic E-state index is 12.7. The Morgan fingerprint density at radius 3 is 2.84 bits per heavy atom. The lowest BCUT2D eigenvalue weighted by Gasteiger charge is -2.23. The standard InChI is InChI=1S/C15H22N2OS/c1-4-9(2)13-15(18)17(12-7-10(12)3)14(16-13)11-5-6-19-8-11/h5-6,8-10,12-14,16H,4,7H2,1-3H3. The molecule has 0 spiro atoms. The highest BCUT2D eigenvalue weighted by Gasteiger charge is 2.51. The van der Waals surface area contributed by atoms with Gasteiger partial charge in [-0.05, 0) is 40.6 Å². The van der Waals surface area contributed by atoms with Crippen molar-refractivity contribution in [1.82, 2.24) is 10.2 Å². The molecule has 3 nitrogen and oxygen atoms in total. The van der Waals surface area contributed by atoms with Crippen LogP contribution in [0.1, 0.15) is 45.3 Å². The third kappa shape index (κ3) is 2.21. The Kier molecular flexibility index (Phi) is 3.39. The zero-order chi connectivity index (χ0) is 13.6. The van der Waals surface area contributed by atoms with Gasteiger partial charge in [0.2, 0.25) is 5.91 Å². The van der Waals surface area contributed by atoms with Gasteiger partial charge in [0.05, 0.1) is 6.04 Å². The third-order valence-electron chi connectivity index (χ3n) is 4.63. The molecule has 1 saturated heterocycles. The number of hydrogen-bond acceptors (Lipinski definition) is 3. The third-order valence-corrected chi connectivity index (χ3v) is 5.33. The Balaban J connectivity index is 1.87. The number of carbonyl (C=O) groups excluding carboxylic acids is 1. The van der Waals surface area contributed by atoms with Crippen molar-refractivity contribution in [2.24, 2.45) is 11.8 Å². The van der Waals surface area contributed by atoms with Crippen molar-refractivity contribution in [3.63, 3.8) is 0 Å². The van der Waals surface area contributed by atoms with Crippen LogP contribution in [-0.2, 0) is 4.79 Å². The molecule has 4 heteroatoms. The highest BCUT2D eigenvalue weighted by molar-refractivity contribution is 7.07. The van der Waals surface area contributed by atoms with Crippen LogP contribution in [0.5, 0.6) is 0 Å². The van der Waals surface area contributed by atoms with E-state index >= 15 is 0 Å². The van der Waals surface area contributed by atoms with Gasteiger partial charge in [0.25, 0.3) is 0 Å². The summed E-state index contributed by atoms with van der Waals surface area (Å²) in [5, 5.41) is 7.82. The highest BCUT2D eigenvalue weighted by Crippen LogP contribution is 2.43. The first-order valence-corrected chi connectivity index (χ1v) is 8.18. The Labute approximate surface area is 119 Å². The summed E-state index contributed by atoms with van der Waals surface area (Å²) in [5.41, 5.74) is 1.24. The predicted octanol–water partition coefficient (Wildman–Crippen LogP) is 3.00. The largest absolute Gasteiger partial charge is 0.318 e. The highest BCUT2D eigenvalue weighted by atomic mass is 32.1. The summed E-state index contributed by atoms with van der Waals surface area (Å²) in [6, 6.07) is 2.57. The fraction of sp³-hybridized carbons (Fsp3) is 0.667. The maximum Gasteiger partial charge on any atom is 0.241 e. The van der Waals surface area contributed by atoms with Crippen LogP contribution in [-0.4, -0.2) is 22.9 Å². The van der Waals surface area contributed by atoms with Crippen molar-refractivity contribution in [3.8, 4) is 0 Å². The van der Waals surface area contributed by atoms with Gasteiger partial charge in [0.15, 0.2) is 0 Å². The molecule has 1 aromatic rings. The topological polar surface area (TPSA) is 32.3 Å². The predicted molar refractivity (Wildman–Crippen MR) is 77.9 cm³/mol. The van der Waals surface area contributed by atoms with E-state index in [1.165, 1.54) is 5.56 Å². The molecular weight excluding hydrogens is 256 g/mol. The quantitative estimate of drug-likeness (QED) is 0.918. The van der Waals surface area contributed by atoms with Gasteiger partial charge >= 0.3 is 0 Å². The van der Waals surface area contributed by atoms with Crippen LogP contribution in [0, 0.1) is 11.8 Å². The molecule has 2 fully saturated rings. The van der Waals surface area contributed by atoms with E-state index in [1.807, 2.05) is 0 Å². The minimum atomic E-state index is -0.0114. The van der Waals surface area contributed by atoms with Crippen molar-refractivity contribution in [2.75, 3.05) is 0 Å². The zero-order valence-electron chi connectivity index (χ0n) is 11.8. The van der Waals surface area contributed by atoms with Gasteiger partial charge in [-0.3, -0.25) is 10.1 Å². The number of nitrogens with one attached hydrogen (secondary N) is 1. The van der Waals surface area contributed by atoms with E-state index in [0.29, 0.717) is 23.8 Å². The summed E-state index contributed by atoms with van der Waals surface area (Å²) in [4.78, 5) is 14.8. The molecule has 1 aliphatic heterocycles. The van der Waals surface area contributed by atoms with Crippen LogP contribution in [0.2, 0.25) is 0 Å². The summed E-state index contributed by atoms with van der Waals surface area (Å²) >= 11 is 1.70. The number of nitrogens with zero attached hydrogens (tertiary/aromatic N) is 1. The molecule has 104 valence electrons. The average molecular weight is 278 g/mol. The van der Waals surface area contributed by atoms with Gasteiger partial charge in [0, 0.05) is 6.04 Å². The molecule has 2 aliphatic rings. The monoisotopic (exact) mass is 278 g/mol. The number of rotatable bonds is 4. The summed E-state index contributed by atoms with van der Waals surface area (Å²) in [5.74, 6) is 1.36. The smallest absolute Gasteiger partial charge is 0.241 e. The van der Waals surface area contributed by atoms with Crippen molar-refractivity contribution in [2.45, 2.75) is 51.9 Å². The molecule has 0 radical (unpaired) electrons. The summed E-state index contributed by atoms with van der Waals surface area (Å²) in [6.07, 6.45) is 2.28. The Morgan fingerprint density at radius 1 is 1.58 bits per heavy atom. The molecule has 0 bridgehead atoms. The second-order valence-electron chi connectivity index (χ2n) is 6.01. The van der Waals surface area contributed by atoms with E-state index in [4.69, 9.17) is 0 Å². The molecule has 19 heavy (non-hydrogen) atoms. The van der Waals surface area contributed by atoms with Gasteiger partial charge in [-0.25, -0.2) is 0 Å².